The van der Waals surface area contributed by atoms with Crippen molar-refractivity contribution < 1.29 is 14.0 Å². The summed E-state index contributed by atoms with van der Waals surface area (Å²) in [5, 5.41) is 0. The molecule has 2 heterocycles. The van der Waals surface area contributed by atoms with Crippen molar-refractivity contribution in [1.82, 2.24) is 0 Å². The Morgan fingerprint density at radius 2 is 1.52 bits per heavy atom. The van der Waals surface area contributed by atoms with Crippen molar-refractivity contribution in [2.24, 2.45) is 0 Å². The zero-order valence-electron chi connectivity index (χ0n) is 16.8. The van der Waals surface area contributed by atoms with Gasteiger partial charge in [0.05, 0.1) is 17.8 Å². The third kappa shape index (κ3) is 2.64. The Balaban J connectivity index is 1.83. The van der Waals surface area contributed by atoms with E-state index in [9.17, 15) is 0 Å². The van der Waals surface area contributed by atoms with Crippen molar-refractivity contribution in [2.45, 2.75) is 89.8 Å². The van der Waals surface area contributed by atoms with E-state index in [1.807, 2.05) is 0 Å². The van der Waals surface area contributed by atoms with E-state index in [1.54, 1.807) is 0 Å². The molecular formula is C21H31BO3. The molecule has 2 fully saturated rings. The molecule has 2 aliphatic heterocycles. The summed E-state index contributed by atoms with van der Waals surface area (Å²) in [5.74, 6) is 1.12. The number of hydrogen-bond acceptors (Lipinski definition) is 3. The van der Waals surface area contributed by atoms with Gasteiger partial charge in [0.1, 0.15) is 5.75 Å². The van der Waals surface area contributed by atoms with Crippen molar-refractivity contribution >= 4 is 12.6 Å². The maximum Gasteiger partial charge on any atom is 0.494 e. The van der Waals surface area contributed by atoms with Crippen LogP contribution in [0.1, 0.15) is 78.9 Å². The average Bonchev–Trinajstić information content (AvgIpc) is 3.20. The molecular weight excluding hydrogens is 311 g/mol. The number of rotatable bonds is 1. The molecule has 1 saturated carbocycles. The summed E-state index contributed by atoms with van der Waals surface area (Å²) < 4.78 is 18.8. The van der Waals surface area contributed by atoms with Crippen LogP contribution < -0.4 is 10.2 Å². The van der Waals surface area contributed by atoms with Gasteiger partial charge in [-0.1, -0.05) is 32.9 Å². The molecule has 4 heteroatoms. The number of hydrogen-bond donors (Lipinski definition) is 0. The van der Waals surface area contributed by atoms with E-state index in [1.165, 1.54) is 24.0 Å². The molecule has 1 saturated heterocycles. The minimum Gasteiger partial charge on any atom is -0.493 e. The van der Waals surface area contributed by atoms with Crippen LogP contribution in [-0.2, 0) is 20.1 Å². The van der Waals surface area contributed by atoms with Gasteiger partial charge in [0.2, 0.25) is 0 Å². The van der Waals surface area contributed by atoms with Crippen LogP contribution in [0.4, 0.5) is 0 Å². The molecule has 0 amide bonds. The van der Waals surface area contributed by atoms with Gasteiger partial charge >= 0.3 is 7.12 Å². The molecule has 0 atom stereocenters. The molecule has 0 bridgehead atoms. The topological polar surface area (TPSA) is 27.7 Å². The Hall–Kier alpha value is -0.995. The highest BCUT2D eigenvalue weighted by Crippen LogP contribution is 2.57. The second-order valence-corrected chi connectivity index (χ2v) is 10.2. The largest absolute Gasteiger partial charge is 0.494 e. The van der Waals surface area contributed by atoms with Crippen LogP contribution in [-0.4, -0.2) is 24.9 Å². The van der Waals surface area contributed by atoms with Gasteiger partial charge in [-0.15, -0.1) is 0 Å². The minimum atomic E-state index is -0.316. The zero-order valence-corrected chi connectivity index (χ0v) is 16.8. The normalized spacial score (nSPS) is 25.6. The lowest BCUT2D eigenvalue weighted by molar-refractivity contribution is 0.00578. The van der Waals surface area contributed by atoms with Crippen molar-refractivity contribution in [1.29, 1.82) is 0 Å². The first kappa shape index (κ1) is 17.4. The summed E-state index contributed by atoms with van der Waals surface area (Å²) in [6, 6.07) is 4.56. The summed E-state index contributed by atoms with van der Waals surface area (Å²) in [7, 11) is -0.311. The Bertz CT molecular complexity index is 677. The monoisotopic (exact) mass is 342 g/mol. The maximum absolute atomic E-state index is 6.33. The fraction of sp³-hybridized carbons (Fsp3) is 0.714. The summed E-state index contributed by atoms with van der Waals surface area (Å²) in [4.78, 5) is 0. The van der Waals surface area contributed by atoms with Crippen LogP contribution in [0.25, 0.3) is 0 Å². The third-order valence-electron chi connectivity index (χ3n) is 6.70. The maximum atomic E-state index is 6.33. The second kappa shape index (κ2) is 5.04. The first-order chi connectivity index (χ1) is 11.5. The van der Waals surface area contributed by atoms with E-state index in [-0.39, 0.29) is 23.7 Å². The van der Waals surface area contributed by atoms with Gasteiger partial charge in [-0.2, -0.15) is 0 Å². The van der Waals surface area contributed by atoms with Crippen LogP contribution in [0.3, 0.4) is 0 Å². The molecule has 3 nitrogen and oxygen atoms in total. The number of fused-ring (bicyclic) bond motifs is 2. The van der Waals surface area contributed by atoms with E-state index in [4.69, 9.17) is 14.0 Å². The Morgan fingerprint density at radius 3 is 2.04 bits per heavy atom. The van der Waals surface area contributed by atoms with Gasteiger partial charge < -0.3 is 14.0 Å². The van der Waals surface area contributed by atoms with Gasteiger partial charge in [0, 0.05) is 11.0 Å². The van der Waals surface area contributed by atoms with Crippen LogP contribution >= 0.6 is 0 Å². The van der Waals surface area contributed by atoms with Crippen molar-refractivity contribution in [3.05, 3.63) is 23.3 Å². The Morgan fingerprint density at radius 1 is 0.920 bits per heavy atom. The summed E-state index contributed by atoms with van der Waals surface area (Å²) in [5.41, 5.74) is 3.53. The van der Waals surface area contributed by atoms with Crippen LogP contribution in [0.5, 0.6) is 5.75 Å². The van der Waals surface area contributed by atoms with Gasteiger partial charge in [-0.05, 0) is 63.4 Å². The van der Waals surface area contributed by atoms with Crippen LogP contribution in [0.2, 0.25) is 0 Å². The standard InChI is InChI=1S/C21H31BO3/c1-18(2,3)15-12-14(22-24-19(4,5)20(6,7)25-22)13-16-17(15)23-11-10-21(16)8-9-21/h12-13H,8-11H2,1-7H3. The molecule has 1 aromatic carbocycles. The average molecular weight is 342 g/mol. The Labute approximate surface area is 152 Å². The smallest absolute Gasteiger partial charge is 0.493 e. The molecule has 0 aromatic heterocycles. The quantitative estimate of drug-likeness (QED) is 0.719. The summed E-state index contributed by atoms with van der Waals surface area (Å²) in [6.45, 7) is 16.1. The highest BCUT2D eigenvalue weighted by molar-refractivity contribution is 6.62. The van der Waals surface area contributed by atoms with Gasteiger partial charge in [0.15, 0.2) is 0 Å². The molecule has 1 aliphatic carbocycles. The molecule has 4 rings (SSSR count). The molecule has 1 spiro atoms. The van der Waals surface area contributed by atoms with Crippen molar-refractivity contribution in [3.8, 4) is 5.75 Å². The van der Waals surface area contributed by atoms with E-state index >= 15 is 0 Å². The lowest BCUT2D eigenvalue weighted by Gasteiger charge is -2.33. The highest BCUT2D eigenvalue weighted by Gasteiger charge is 2.53. The van der Waals surface area contributed by atoms with E-state index in [2.05, 4.69) is 60.6 Å². The fourth-order valence-corrected chi connectivity index (χ4v) is 4.03. The van der Waals surface area contributed by atoms with E-state index in [0.29, 0.717) is 5.41 Å². The lowest BCUT2D eigenvalue weighted by Crippen LogP contribution is -2.41. The van der Waals surface area contributed by atoms with E-state index < -0.39 is 0 Å². The molecule has 25 heavy (non-hydrogen) atoms. The molecule has 0 radical (unpaired) electrons. The number of benzene rings is 1. The lowest BCUT2D eigenvalue weighted by atomic mass is 9.71. The van der Waals surface area contributed by atoms with Gasteiger partial charge in [0.25, 0.3) is 0 Å². The zero-order chi connectivity index (χ0) is 18.3. The third-order valence-corrected chi connectivity index (χ3v) is 6.70. The molecule has 1 aromatic rings. The first-order valence-corrected chi connectivity index (χ1v) is 9.63. The highest BCUT2D eigenvalue weighted by atomic mass is 16.7. The second-order valence-electron chi connectivity index (χ2n) is 10.2. The van der Waals surface area contributed by atoms with Crippen molar-refractivity contribution in [2.75, 3.05) is 6.61 Å². The van der Waals surface area contributed by atoms with Crippen LogP contribution in [0.15, 0.2) is 12.1 Å². The molecule has 136 valence electrons. The summed E-state index contributed by atoms with van der Waals surface area (Å²) in [6.07, 6.45) is 3.69. The number of ether oxygens (including phenoxy) is 1. The summed E-state index contributed by atoms with van der Waals surface area (Å²) >= 11 is 0. The Kier molecular flexibility index (Phi) is 3.51. The van der Waals surface area contributed by atoms with E-state index in [0.717, 1.165) is 24.2 Å². The molecule has 3 aliphatic rings. The predicted octanol–water partition coefficient (Wildman–Crippen LogP) is 4.10. The fourth-order valence-electron chi connectivity index (χ4n) is 4.03. The van der Waals surface area contributed by atoms with Gasteiger partial charge in [-0.3, -0.25) is 0 Å². The van der Waals surface area contributed by atoms with Gasteiger partial charge in [-0.25, -0.2) is 0 Å². The first-order valence-electron chi connectivity index (χ1n) is 9.63. The minimum absolute atomic E-state index is 0.0250. The molecule has 0 N–H and O–H groups in total. The predicted molar refractivity (Wildman–Crippen MR) is 102 cm³/mol. The SMILES string of the molecule is CC(C)(C)c1cc(B2OC(C)(C)C(C)(C)O2)cc2c1OCCC21CC1. The van der Waals surface area contributed by atoms with Crippen LogP contribution in [0, 0.1) is 0 Å². The molecule has 0 unspecified atom stereocenters. The van der Waals surface area contributed by atoms with Crippen molar-refractivity contribution in [3.63, 3.8) is 0 Å².